The highest BCUT2D eigenvalue weighted by atomic mass is 19.1. The van der Waals surface area contributed by atoms with E-state index in [-0.39, 0.29) is 11.9 Å². The predicted octanol–water partition coefficient (Wildman–Crippen LogP) is 3.40. The van der Waals surface area contributed by atoms with E-state index in [1.807, 2.05) is 19.1 Å². The highest BCUT2D eigenvalue weighted by Gasteiger charge is 2.09. The Kier molecular flexibility index (Phi) is 3.77. The summed E-state index contributed by atoms with van der Waals surface area (Å²) in [6, 6.07) is 8.42. The second kappa shape index (κ2) is 5.49. The lowest BCUT2D eigenvalue weighted by atomic mass is 10.1. The van der Waals surface area contributed by atoms with Crippen molar-refractivity contribution in [2.45, 2.75) is 13.0 Å². The SMILES string of the molecule is COc1ccc(F)c(NC(C)c2ccncc2)c1. The smallest absolute Gasteiger partial charge is 0.146 e. The molecule has 0 aliphatic carbocycles. The van der Waals surface area contributed by atoms with E-state index in [1.165, 1.54) is 6.07 Å². The zero-order valence-corrected chi connectivity index (χ0v) is 10.4. The zero-order chi connectivity index (χ0) is 13.0. The molecule has 0 saturated heterocycles. The lowest BCUT2D eigenvalue weighted by Crippen LogP contribution is -2.08. The molecule has 0 spiro atoms. The summed E-state index contributed by atoms with van der Waals surface area (Å²) in [6.07, 6.45) is 3.44. The first-order valence-corrected chi connectivity index (χ1v) is 5.70. The van der Waals surface area contributed by atoms with Gasteiger partial charge in [-0.1, -0.05) is 0 Å². The average molecular weight is 246 g/mol. The number of halogens is 1. The number of ether oxygens (including phenoxy) is 1. The molecular weight excluding hydrogens is 231 g/mol. The molecule has 1 unspecified atom stereocenters. The van der Waals surface area contributed by atoms with E-state index in [9.17, 15) is 4.39 Å². The summed E-state index contributed by atoms with van der Waals surface area (Å²) in [7, 11) is 1.56. The third kappa shape index (κ3) is 2.77. The molecule has 1 aromatic heterocycles. The quantitative estimate of drug-likeness (QED) is 0.897. The lowest BCUT2D eigenvalue weighted by molar-refractivity contribution is 0.414. The fourth-order valence-corrected chi connectivity index (χ4v) is 1.71. The van der Waals surface area contributed by atoms with E-state index in [1.54, 1.807) is 31.6 Å². The maximum absolute atomic E-state index is 13.7. The van der Waals surface area contributed by atoms with Crippen LogP contribution in [0, 0.1) is 5.82 Å². The molecule has 0 fully saturated rings. The van der Waals surface area contributed by atoms with Crippen LogP contribution in [0.2, 0.25) is 0 Å². The van der Waals surface area contributed by atoms with Gasteiger partial charge in [0.1, 0.15) is 11.6 Å². The van der Waals surface area contributed by atoms with Crippen LogP contribution in [0.5, 0.6) is 5.75 Å². The van der Waals surface area contributed by atoms with E-state index >= 15 is 0 Å². The minimum absolute atomic E-state index is 0.00499. The normalized spacial score (nSPS) is 11.9. The number of rotatable bonds is 4. The summed E-state index contributed by atoms with van der Waals surface area (Å²) < 4.78 is 18.7. The molecule has 0 amide bonds. The maximum Gasteiger partial charge on any atom is 0.146 e. The number of aromatic nitrogens is 1. The third-order valence-corrected chi connectivity index (χ3v) is 2.75. The summed E-state index contributed by atoms with van der Waals surface area (Å²) in [5, 5.41) is 3.12. The summed E-state index contributed by atoms with van der Waals surface area (Å²) in [6.45, 7) is 1.97. The number of methoxy groups -OCH3 is 1. The van der Waals surface area contributed by atoms with Gasteiger partial charge in [0.15, 0.2) is 0 Å². The fraction of sp³-hybridized carbons (Fsp3) is 0.214. The molecular formula is C14H15FN2O. The van der Waals surface area contributed by atoms with E-state index in [0.29, 0.717) is 11.4 Å². The van der Waals surface area contributed by atoms with E-state index in [2.05, 4.69) is 10.3 Å². The van der Waals surface area contributed by atoms with Crippen molar-refractivity contribution < 1.29 is 9.13 Å². The molecule has 0 bridgehead atoms. The largest absolute Gasteiger partial charge is 0.497 e. The van der Waals surface area contributed by atoms with Crippen molar-refractivity contribution in [3.05, 3.63) is 54.1 Å². The number of hydrogen-bond acceptors (Lipinski definition) is 3. The Hall–Kier alpha value is -2.10. The first-order valence-electron chi connectivity index (χ1n) is 5.70. The number of nitrogens with zero attached hydrogens (tertiary/aromatic N) is 1. The lowest BCUT2D eigenvalue weighted by Gasteiger charge is -2.16. The molecule has 0 radical (unpaired) electrons. The topological polar surface area (TPSA) is 34.1 Å². The maximum atomic E-state index is 13.7. The van der Waals surface area contributed by atoms with Gasteiger partial charge in [0, 0.05) is 24.5 Å². The monoisotopic (exact) mass is 246 g/mol. The van der Waals surface area contributed by atoms with Crippen LogP contribution in [-0.4, -0.2) is 12.1 Å². The van der Waals surface area contributed by atoms with Crippen LogP contribution >= 0.6 is 0 Å². The Morgan fingerprint density at radius 1 is 1.22 bits per heavy atom. The molecule has 3 nitrogen and oxygen atoms in total. The predicted molar refractivity (Wildman–Crippen MR) is 69.2 cm³/mol. The number of pyridine rings is 1. The second-order valence-electron chi connectivity index (χ2n) is 3.99. The Morgan fingerprint density at radius 2 is 1.94 bits per heavy atom. The molecule has 18 heavy (non-hydrogen) atoms. The van der Waals surface area contributed by atoms with Crippen LogP contribution in [0.25, 0.3) is 0 Å². The molecule has 2 rings (SSSR count). The molecule has 1 aromatic carbocycles. The van der Waals surface area contributed by atoms with Gasteiger partial charge >= 0.3 is 0 Å². The Morgan fingerprint density at radius 3 is 2.61 bits per heavy atom. The van der Waals surface area contributed by atoms with Gasteiger partial charge in [-0.05, 0) is 36.8 Å². The van der Waals surface area contributed by atoms with E-state index in [0.717, 1.165) is 5.56 Å². The summed E-state index contributed by atoms with van der Waals surface area (Å²) >= 11 is 0. The third-order valence-electron chi connectivity index (χ3n) is 2.75. The van der Waals surface area contributed by atoms with Crippen molar-refractivity contribution in [3.63, 3.8) is 0 Å². The van der Waals surface area contributed by atoms with Crippen LogP contribution in [0.15, 0.2) is 42.7 Å². The highest BCUT2D eigenvalue weighted by molar-refractivity contribution is 5.51. The highest BCUT2D eigenvalue weighted by Crippen LogP contribution is 2.25. The molecule has 4 heteroatoms. The molecule has 0 aliphatic heterocycles. The van der Waals surface area contributed by atoms with Gasteiger partial charge in [0.05, 0.1) is 12.8 Å². The van der Waals surface area contributed by atoms with Gasteiger partial charge in [-0.25, -0.2) is 4.39 Å². The van der Waals surface area contributed by atoms with Gasteiger partial charge in [0.25, 0.3) is 0 Å². The van der Waals surface area contributed by atoms with Crippen molar-refractivity contribution in [1.29, 1.82) is 0 Å². The number of hydrogen-bond donors (Lipinski definition) is 1. The number of nitrogens with one attached hydrogen (secondary N) is 1. The fourth-order valence-electron chi connectivity index (χ4n) is 1.71. The van der Waals surface area contributed by atoms with Gasteiger partial charge in [-0.2, -0.15) is 0 Å². The second-order valence-corrected chi connectivity index (χ2v) is 3.99. The van der Waals surface area contributed by atoms with Crippen molar-refractivity contribution in [1.82, 2.24) is 4.98 Å². The van der Waals surface area contributed by atoms with Gasteiger partial charge in [0.2, 0.25) is 0 Å². The van der Waals surface area contributed by atoms with Crippen molar-refractivity contribution in [2.24, 2.45) is 0 Å². The standard InChI is InChI=1S/C14H15FN2O/c1-10(11-5-7-16-8-6-11)17-14-9-12(18-2)3-4-13(14)15/h3-10,17H,1-2H3. The molecule has 1 atom stereocenters. The number of benzene rings is 1. The van der Waals surface area contributed by atoms with Gasteiger partial charge in [-0.15, -0.1) is 0 Å². The van der Waals surface area contributed by atoms with Crippen LogP contribution in [0.3, 0.4) is 0 Å². The average Bonchev–Trinajstić information content (AvgIpc) is 2.42. The van der Waals surface area contributed by atoms with Crippen LogP contribution in [-0.2, 0) is 0 Å². The van der Waals surface area contributed by atoms with E-state index < -0.39 is 0 Å². The van der Waals surface area contributed by atoms with Crippen molar-refractivity contribution in [3.8, 4) is 5.75 Å². The molecule has 0 saturated carbocycles. The molecule has 1 N–H and O–H groups in total. The molecule has 94 valence electrons. The molecule has 2 aromatic rings. The molecule has 0 aliphatic rings. The summed E-state index contributed by atoms with van der Waals surface area (Å²) in [5.41, 5.74) is 1.48. The Balaban J connectivity index is 2.18. The van der Waals surface area contributed by atoms with E-state index in [4.69, 9.17) is 4.74 Å². The first kappa shape index (κ1) is 12.4. The van der Waals surface area contributed by atoms with Crippen LogP contribution < -0.4 is 10.1 Å². The van der Waals surface area contributed by atoms with Crippen LogP contribution in [0.1, 0.15) is 18.5 Å². The van der Waals surface area contributed by atoms with Crippen molar-refractivity contribution in [2.75, 3.05) is 12.4 Å². The van der Waals surface area contributed by atoms with Crippen LogP contribution in [0.4, 0.5) is 10.1 Å². The number of anilines is 1. The minimum atomic E-state index is -0.295. The zero-order valence-electron chi connectivity index (χ0n) is 10.4. The van der Waals surface area contributed by atoms with Gasteiger partial charge < -0.3 is 10.1 Å². The Bertz CT molecular complexity index is 516. The molecule has 1 heterocycles. The minimum Gasteiger partial charge on any atom is -0.497 e. The summed E-state index contributed by atoms with van der Waals surface area (Å²) in [5.74, 6) is 0.331. The van der Waals surface area contributed by atoms with Crippen molar-refractivity contribution >= 4 is 5.69 Å². The summed E-state index contributed by atoms with van der Waals surface area (Å²) in [4.78, 5) is 3.96. The first-order chi connectivity index (χ1) is 8.70. The van der Waals surface area contributed by atoms with Gasteiger partial charge in [-0.3, -0.25) is 4.98 Å². The Labute approximate surface area is 106 Å².